The molecule has 0 amide bonds. The molecule has 0 aliphatic heterocycles. The number of carbonyl (C=O) groups excluding carboxylic acids is 2. The molecule has 0 spiro atoms. The first kappa shape index (κ1) is 14.2. The van der Waals surface area contributed by atoms with Gasteiger partial charge in [-0.15, -0.1) is 0 Å². The fourth-order valence-electron chi connectivity index (χ4n) is 1.40. The van der Waals surface area contributed by atoms with Crippen LogP contribution < -0.4 is 0 Å². The molecule has 18 heavy (non-hydrogen) atoms. The average molecular weight is 260 g/mol. The van der Waals surface area contributed by atoms with Crippen LogP contribution in [0.25, 0.3) is 0 Å². The highest BCUT2D eigenvalue weighted by Crippen LogP contribution is 2.17. The van der Waals surface area contributed by atoms with Gasteiger partial charge in [0.1, 0.15) is 0 Å². The van der Waals surface area contributed by atoms with Gasteiger partial charge in [-0.3, -0.25) is 9.59 Å². The second-order valence-electron chi connectivity index (χ2n) is 3.81. The van der Waals surface area contributed by atoms with Gasteiger partial charge in [0.2, 0.25) is 0 Å². The Morgan fingerprint density at radius 2 is 1.72 bits per heavy atom. The first-order chi connectivity index (χ1) is 8.36. The maximum atomic E-state index is 12.9. The van der Waals surface area contributed by atoms with Gasteiger partial charge < -0.3 is 4.74 Å². The summed E-state index contributed by atoms with van der Waals surface area (Å²) in [7, 11) is 1.17. The normalized spacial score (nSPS) is 12.1. The molecule has 0 fully saturated rings. The smallest absolute Gasteiger partial charge is 0.308 e. The largest absolute Gasteiger partial charge is 0.469 e. The van der Waals surface area contributed by atoms with Gasteiger partial charge >= 0.3 is 5.97 Å². The average Bonchev–Trinajstić information content (AvgIpc) is 2.33. The van der Waals surface area contributed by atoms with E-state index < -0.39 is 35.1 Å². The highest BCUT2D eigenvalue weighted by Gasteiger charge is 2.20. The highest BCUT2D eigenvalue weighted by atomic mass is 19.2. The minimum atomic E-state index is -1.63. The summed E-state index contributed by atoms with van der Waals surface area (Å²) < 4.78 is 42.9. The van der Waals surface area contributed by atoms with Crippen LogP contribution >= 0.6 is 0 Å². The molecule has 0 radical (unpaired) electrons. The van der Waals surface area contributed by atoms with Crippen molar-refractivity contribution in [3.63, 3.8) is 0 Å². The van der Waals surface area contributed by atoms with Crippen molar-refractivity contribution in [1.29, 1.82) is 0 Å². The van der Waals surface area contributed by atoms with Gasteiger partial charge in [-0.05, 0) is 12.1 Å². The van der Waals surface area contributed by atoms with Crippen LogP contribution in [0.15, 0.2) is 12.1 Å². The van der Waals surface area contributed by atoms with E-state index >= 15 is 0 Å². The Hall–Kier alpha value is -1.85. The number of rotatable bonds is 4. The Bertz CT molecular complexity index is 462. The molecule has 0 aliphatic rings. The lowest BCUT2D eigenvalue weighted by Gasteiger charge is -2.08. The van der Waals surface area contributed by atoms with Crippen molar-refractivity contribution in [1.82, 2.24) is 0 Å². The van der Waals surface area contributed by atoms with E-state index in [2.05, 4.69) is 4.74 Å². The number of halogens is 3. The third-order valence-corrected chi connectivity index (χ3v) is 2.40. The molecule has 1 atom stereocenters. The second kappa shape index (κ2) is 5.66. The van der Waals surface area contributed by atoms with E-state index in [0.29, 0.717) is 12.1 Å². The number of hydrogen-bond acceptors (Lipinski definition) is 3. The first-order valence-electron chi connectivity index (χ1n) is 5.12. The maximum absolute atomic E-state index is 12.9. The SMILES string of the molecule is COC(=O)C(C)CC(=O)c1cc(F)c(F)c(F)c1. The van der Waals surface area contributed by atoms with Gasteiger partial charge in [0.25, 0.3) is 0 Å². The number of carbonyl (C=O) groups is 2. The Kier molecular flexibility index (Phi) is 4.47. The Morgan fingerprint density at radius 1 is 1.22 bits per heavy atom. The summed E-state index contributed by atoms with van der Waals surface area (Å²) in [5.41, 5.74) is -0.317. The molecule has 1 rings (SSSR count). The van der Waals surface area contributed by atoms with Crippen molar-refractivity contribution in [2.45, 2.75) is 13.3 Å². The predicted molar refractivity (Wildman–Crippen MR) is 56.4 cm³/mol. The molecular formula is C12H11F3O3. The quantitative estimate of drug-likeness (QED) is 0.474. The van der Waals surface area contributed by atoms with Gasteiger partial charge in [0.15, 0.2) is 23.2 Å². The topological polar surface area (TPSA) is 43.4 Å². The molecule has 0 aliphatic carbocycles. The molecule has 0 saturated heterocycles. The number of ether oxygens (including phenoxy) is 1. The molecule has 0 bridgehead atoms. The molecule has 1 aromatic rings. The lowest BCUT2D eigenvalue weighted by Crippen LogP contribution is -2.17. The summed E-state index contributed by atoms with van der Waals surface area (Å²) in [4.78, 5) is 22.7. The summed E-state index contributed by atoms with van der Waals surface area (Å²) in [6, 6.07) is 1.20. The van der Waals surface area contributed by atoms with Crippen LogP contribution in [-0.2, 0) is 9.53 Å². The van der Waals surface area contributed by atoms with Gasteiger partial charge in [-0.1, -0.05) is 6.92 Å². The van der Waals surface area contributed by atoms with Crippen LogP contribution in [0.4, 0.5) is 13.2 Å². The zero-order valence-electron chi connectivity index (χ0n) is 9.80. The van der Waals surface area contributed by atoms with Crippen LogP contribution in [-0.4, -0.2) is 18.9 Å². The molecule has 0 heterocycles. The van der Waals surface area contributed by atoms with E-state index in [9.17, 15) is 22.8 Å². The van der Waals surface area contributed by atoms with Gasteiger partial charge in [0, 0.05) is 12.0 Å². The van der Waals surface area contributed by atoms with Crippen molar-refractivity contribution in [3.05, 3.63) is 35.1 Å². The summed E-state index contributed by atoms with van der Waals surface area (Å²) in [5.74, 6) is -6.52. The number of Topliss-reactive ketones (excluding diaryl/α,β-unsaturated/α-hetero) is 1. The number of methoxy groups -OCH3 is 1. The fourth-order valence-corrected chi connectivity index (χ4v) is 1.40. The second-order valence-corrected chi connectivity index (χ2v) is 3.81. The minimum Gasteiger partial charge on any atom is -0.469 e. The van der Waals surface area contributed by atoms with Crippen molar-refractivity contribution < 1.29 is 27.5 Å². The molecule has 98 valence electrons. The monoisotopic (exact) mass is 260 g/mol. The molecule has 0 saturated carbocycles. The predicted octanol–water partition coefficient (Wildman–Crippen LogP) is 2.49. The number of benzene rings is 1. The van der Waals surface area contributed by atoms with Crippen molar-refractivity contribution in [2.24, 2.45) is 5.92 Å². The van der Waals surface area contributed by atoms with Crippen molar-refractivity contribution in [2.75, 3.05) is 7.11 Å². The number of hydrogen-bond donors (Lipinski definition) is 0. The lowest BCUT2D eigenvalue weighted by molar-refractivity contribution is -0.144. The van der Waals surface area contributed by atoms with Crippen LogP contribution in [0.5, 0.6) is 0 Å². The standard InChI is InChI=1S/C12H11F3O3/c1-6(12(17)18-2)3-10(16)7-4-8(13)11(15)9(14)5-7/h4-6H,3H2,1-2H3. The number of ketones is 1. The highest BCUT2D eigenvalue weighted by molar-refractivity contribution is 5.98. The molecule has 0 aromatic heterocycles. The van der Waals surface area contributed by atoms with E-state index in [1.807, 2.05) is 0 Å². The van der Waals surface area contributed by atoms with Gasteiger partial charge in [-0.25, -0.2) is 13.2 Å². The van der Waals surface area contributed by atoms with E-state index in [-0.39, 0.29) is 12.0 Å². The van der Waals surface area contributed by atoms with E-state index in [0.717, 1.165) is 0 Å². The van der Waals surface area contributed by atoms with Gasteiger partial charge in [-0.2, -0.15) is 0 Å². The van der Waals surface area contributed by atoms with Crippen molar-refractivity contribution in [3.8, 4) is 0 Å². The Labute approximate surface area is 102 Å². The van der Waals surface area contributed by atoms with Crippen molar-refractivity contribution >= 4 is 11.8 Å². The summed E-state index contributed by atoms with van der Waals surface area (Å²) in [6.07, 6.45) is -0.267. The van der Waals surface area contributed by atoms with E-state index in [4.69, 9.17) is 0 Å². The lowest BCUT2D eigenvalue weighted by atomic mass is 9.99. The molecule has 6 heteroatoms. The zero-order valence-corrected chi connectivity index (χ0v) is 9.80. The first-order valence-corrected chi connectivity index (χ1v) is 5.12. The van der Waals surface area contributed by atoms with Crippen LogP contribution in [0.1, 0.15) is 23.7 Å². The third kappa shape index (κ3) is 3.09. The molecule has 1 aromatic carbocycles. The Morgan fingerprint density at radius 3 is 2.17 bits per heavy atom. The maximum Gasteiger partial charge on any atom is 0.308 e. The Balaban J connectivity index is 2.89. The summed E-state index contributed by atoms with van der Waals surface area (Å²) in [5, 5.41) is 0. The van der Waals surface area contributed by atoms with E-state index in [1.54, 1.807) is 0 Å². The summed E-state index contributed by atoms with van der Waals surface area (Å²) in [6.45, 7) is 1.44. The molecule has 3 nitrogen and oxygen atoms in total. The molecular weight excluding hydrogens is 249 g/mol. The third-order valence-electron chi connectivity index (χ3n) is 2.40. The zero-order chi connectivity index (χ0) is 13.9. The van der Waals surface area contributed by atoms with Gasteiger partial charge in [0.05, 0.1) is 13.0 Å². The van der Waals surface area contributed by atoms with Crippen LogP contribution in [0.3, 0.4) is 0 Å². The molecule has 0 N–H and O–H groups in total. The summed E-state index contributed by atoms with van der Waals surface area (Å²) >= 11 is 0. The molecule has 1 unspecified atom stereocenters. The van der Waals surface area contributed by atoms with Crippen LogP contribution in [0, 0.1) is 23.4 Å². The minimum absolute atomic E-state index is 0.267. The number of esters is 1. The fraction of sp³-hybridized carbons (Fsp3) is 0.333. The van der Waals surface area contributed by atoms with E-state index in [1.165, 1.54) is 14.0 Å². The van der Waals surface area contributed by atoms with Crippen LogP contribution in [0.2, 0.25) is 0 Å².